The van der Waals surface area contributed by atoms with Gasteiger partial charge in [0.2, 0.25) is 0 Å². The van der Waals surface area contributed by atoms with Crippen molar-refractivity contribution in [2.24, 2.45) is 4.99 Å². The van der Waals surface area contributed by atoms with Gasteiger partial charge < -0.3 is 15.0 Å². The molecule has 28 heavy (non-hydrogen) atoms. The van der Waals surface area contributed by atoms with E-state index in [0.717, 1.165) is 45.4 Å². The number of rotatable bonds is 4. The SMILES string of the molecule is CCNC(=NCC1(N2CCOCC2)CCCCC1)N1CCS(=O)(=O)C(C)(C)C1. The summed E-state index contributed by atoms with van der Waals surface area (Å²) < 4.78 is 29.6. The molecule has 0 radical (unpaired) electrons. The van der Waals surface area contributed by atoms with Gasteiger partial charge in [-0.2, -0.15) is 0 Å². The van der Waals surface area contributed by atoms with Crippen molar-refractivity contribution in [3.63, 3.8) is 0 Å². The lowest BCUT2D eigenvalue weighted by Gasteiger charge is -2.47. The summed E-state index contributed by atoms with van der Waals surface area (Å²) in [7, 11) is -3.05. The Balaban J connectivity index is 1.78. The molecule has 3 rings (SSSR count). The predicted molar refractivity (Wildman–Crippen MR) is 114 cm³/mol. The molecule has 8 heteroatoms. The number of hydrogen-bond acceptors (Lipinski definition) is 5. The Kier molecular flexibility index (Phi) is 6.92. The first-order valence-electron chi connectivity index (χ1n) is 10.9. The van der Waals surface area contributed by atoms with Crippen molar-refractivity contribution < 1.29 is 13.2 Å². The van der Waals surface area contributed by atoms with Gasteiger partial charge in [0.15, 0.2) is 15.8 Å². The molecule has 7 nitrogen and oxygen atoms in total. The fourth-order valence-corrected chi connectivity index (χ4v) is 6.16. The Morgan fingerprint density at radius 2 is 1.79 bits per heavy atom. The van der Waals surface area contributed by atoms with Gasteiger partial charge in [0, 0.05) is 38.3 Å². The quantitative estimate of drug-likeness (QED) is 0.555. The van der Waals surface area contributed by atoms with E-state index < -0.39 is 14.6 Å². The van der Waals surface area contributed by atoms with E-state index in [2.05, 4.69) is 22.0 Å². The van der Waals surface area contributed by atoms with Crippen LogP contribution in [0.25, 0.3) is 0 Å². The molecule has 0 atom stereocenters. The van der Waals surface area contributed by atoms with Crippen LogP contribution in [0, 0.1) is 0 Å². The molecule has 0 spiro atoms. The summed E-state index contributed by atoms with van der Waals surface area (Å²) in [6, 6.07) is 0. The zero-order chi connectivity index (χ0) is 20.3. The van der Waals surface area contributed by atoms with Crippen molar-refractivity contribution in [2.75, 3.05) is 58.2 Å². The first-order chi connectivity index (χ1) is 13.3. The monoisotopic (exact) mass is 414 g/mol. The molecule has 0 bridgehead atoms. The summed E-state index contributed by atoms with van der Waals surface area (Å²) in [5, 5.41) is 3.42. The zero-order valence-electron chi connectivity index (χ0n) is 17.9. The second-order valence-electron chi connectivity index (χ2n) is 9.05. The minimum atomic E-state index is -3.05. The van der Waals surface area contributed by atoms with Gasteiger partial charge in [-0.15, -0.1) is 0 Å². The predicted octanol–water partition coefficient (Wildman–Crippen LogP) is 1.50. The summed E-state index contributed by atoms with van der Waals surface area (Å²) in [5.41, 5.74) is 0.125. The molecule has 2 saturated heterocycles. The molecule has 0 aromatic rings. The molecule has 1 aliphatic carbocycles. The first-order valence-corrected chi connectivity index (χ1v) is 12.5. The van der Waals surface area contributed by atoms with E-state index in [0.29, 0.717) is 13.1 Å². The highest BCUT2D eigenvalue weighted by Gasteiger charge is 2.42. The highest BCUT2D eigenvalue weighted by molar-refractivity contribution is 7.92. The van der Waals surface area contributed by atoms with Gasteiger partial charge in [-0.05, 0) is 33.6 Å². The van der Waals surface area contributed by atoms with E-state index in [1.165, 1.54) is 32.1 Å². The third-order valence-electron chi connectivity index (χ3n) is 6.67. The average molecular weight is 415 g/mol. The van der Waals surface area contributed by atoms with Gasteiger partial charge in [0.1, 0.15) is 0 Å². The summed E-state index contributed by atoms with van der Waals surface area (Å²) in [4.78, 5) is 9.82. The summed E-state index contributed by atoms with van der Waals surface area (Å²) in [5.74, 6) is 1.06. The molecule has 0 aromatic carbocycles. The molecule has 2 heterocycles. The van der Waals surface area contributed by atoms with E-state index in [9.17, 15) is 8.42 Å². The van der Waals surface area contributed by atoms with Crippen LogP contribution in [-0.4, -0.2) is 92.7 Å². The van der Waals surface area contributed by atoms with E-state index >= 15 is 0 Å². The van der Waals surface area contributed by atoms with E-state index in [4.69, 9.17) is 9.73 Å². The summed E-state index contributed by atoms with van der Waals surface area (Å²) >= 11 is 0. The second kappa shape index (κ2) is 8.88. The Bertz CT molecular complexity index is 650. The third kappa shape index (κ3) is 4.65. The molecular weight excluding hydrogens is 376 g/mol. The van der Waals surface area contributed by atoms with E-state index in [-0.39, 0.29) is 11.3 Å². The number of sulfone groups is 1. The molecule has 1 saturated carbocycles. The van der Waals surface area contributed by atoms with Crippen LogP contribution in [0.5, 0.6) is 0 Å². The van der Waals surface area contributed by atoms with Crippen molar-refractivity contribution in [2.45, 2.75) is 63.2 Å². The minimum Gasteiger partial charge on any atom is -0.379 e. The summed E-state index contributed by atoms with van der Waals surface area (Å²) in [6.45, 7) is 11.9. The molecule has 0 amide bonds. The number of nitrogens with zero attached hydrogens (tertiary/aromatic N) is 3. The zero-order valence-corrected chi connectivity index (χ0v) is 18.7. The fourth-order valence-electron chi connectivity index (χ4n) is 4.79. The number of aliphatic imine (C=N–C) groups is 1. The fraction of sp³-hybridized carbons (Fsp3) is 0.950. The van der Waals surface area contributed by atoms with Crippen molar-refractivity contribution in [3.05, 3.63) is 0 Å². The van der Waals surface area contributed by atoms with Crippen LogP contribution in [0.4, 0.5) is 0 Å². The molecule has 0 aromatic heterocycles. The van der Waals surface area contributed by atoms with Crippen molar-refractivity contribution in [3.8, 4) is 0 Å². The Morgan fingerprint density at radius 1 is 1.11 bits per heavy atom. The lowest BCUT2D eigenvalue weighted by molar-refractivity contribution is -0.0334. The van der Waals surface area contributed by atoms with Gasteiger partial charge in [-0.25, -0.2) is 8.42 Å². The second-order valence-corrected chi connectivity index (χ2v) is 11.8. The smallest absolute Gasteiger partial charge is 0.194 e. The lowest BCUT2D eigenvalue weighted by Crippen LogP contribution is -2.59. The van der Waals surface area contributed by atoms with E-state index in [1.54, 1.807) is 0 Å². The average Bonchev–Trinajstić information content (AvgIpc) is 2.69. The maximum Gasteiger partial charge on any atom is 0.194 e. The normalized spacial score (nSPS) is 28.1. The molecular formula is C20H38N4O3S. The number of guanidine groups is 1. The topological polar surface area (TPSA) is 74.2 Å². The maximum atomic E-state index is 12.4. The molecule has 162 valence electrons. The molecule has 0 unspecified atom stereocenters. The standard InChI is InChI=1S/C20H38N4O3S/c1-4-21-18(23-12-15-28(25,26)19(2,3)17-23)22-16-20(8-6-5-7-9-20)24-10-13-27-14-11-24/h4-17H2,1-3H3,(H,21,22). The van der Waals surface area contributed by atoms with Crippen LogP contribution in [0.1, 0.15) is 52.9 Å². The maximum absolute atomic E-state index is 12.4. The van der Waals surface area contributed by atoms with Gasteiger partial charge in [-0.1, -0.05) is 19.3 Å². The third-order valence-corrected chi connectivity index (χ3v) is 9.20. The largest absolute Gasteiger partial charge is 0.379 e. The van der Waals surface area contributed by atoms with Crippen molar-refractivity contribution in [1.82, 2.24) is 15.1 Å². The van der Waals surface area contributed by atoms with E-state index in [1.807, 2.05) is 13.8 Å². The van der Waals surface area contributed by atoms with Crippen LogP contribution in [-0.2, 0) is 14.6 Å². The van der Waals surface area contributed by atoms with Gasteiger partial charge in [0.25, 0.3) is 0 Å². The van der Waals surface area contributed by atoms with Gasteiger partial charge in [-0.3, -0.25) is 9.89 Å². The highest BCUT2D eigenvalue weighted by Crippen LogP contribution is 2.35. The first kappa shape index (κ1) is 21.8. The molecule has 3 fully saturated rings. The van der Waals surface area contributed by atoms with Crippen molar-refractivity contribution in [1.29, 1.82) is 0 Å². The Labute approximate surface area is 170 Å². The van der Waals surface area contributed by atoms with Crippen molar-refractivity contribution >= 4 is 15.8 Å². The Hall–Kier alpha value is -0.860. The molecule has 2 aliphatic heterocycles. The number of hydrogen-bond donors (Lipinski definition) is 1. The Morgan fingerprint density at radius 3 is 2.39 bits per heavy atom. The van der Waals surface area contributed by atoms with Crippen LogP contribution in [0.3, 0.4) is 0 Å². The highest BCUT2D eigenvalue weighted by atomic mass is 32.2. The van der Waals surface area contributed by atoms with Crippen LogP contribution in [0.15, 0.2) is 4.99 Å². The summed E-state index contributed by atoms with van der Waals surface area (Å²) in [6.07, 6.45) is 6.22. The van der Waals surface area contributed by atoms with Gasteiger partial charge >= 0.3 is 0 Å². The van der Waals surface area contributed by atoms with Crippen LogP contribution in [0.2, 0.25) is 0 Å². The number of nitrogens with one attached hydrogen (secondary N) is 1. The van der Waals surface area contributed by atoms with Crippen LogP contribution >= 0.6 is 0 Å². The number of morpholine rings is 1. The molecule has 1 N–H and O–H groups in total. The minimum absolute atomic E-state index is 0.125. The van der Waals surface area contributed by atoms with Crippen LogP contribution < -0.4 is 5.32 Å². The number of ether oxygens (including phenoxy) is 1. The lowest BCUT2D eigenvalue weighted by atomic mass is 9.80. The molecule has 3 aliphatic rings. The van der Waals surface area contributed by atoms with Gasteiger partial charge in [0.05, 0.1) is 30.3 Å².